The van der Waals surface area contributed by atoms with Gasteiger partial charge in [0, 0.05) is 55.2 Å². The van der Waals surface area contributed by atoms with Crippen LogP contribution in [0.25, 0.3) is 21.6 Å². The highest BCUT2D eigenvalue weighted by molar-refractivity contribution is 7.19. The van der Waals surface area contributed by atoms with Crippen LogP contribution in [0.4, 0.5) is 5.82 Å². The Balaban J connectivity index is 1.65. The van der Waals surface area contributed by atoms with Gasteiger partial charge in [-0.15, -0.1) is 11.3 Å². The second-order valence-electron chi connectivity index (χ2n) is 7.03. The summed E-state index contributed by atoms with van der Waals surface area (Å²) in [6.07, 6.45) is 11.1. The van der Waals surface area contributed by atoms with E-state index in [1.807, 2.05) is 47.6 Å². The fourth-order valence-corrected chi connectivity index (χ4v) is 5.04. The number of aryl methyl sites for hydroxylation is 3. The molecule has 5 rings (SSSR count). The van der Waals surface area contributed by atoms with Crippen LogP contribution < -0.4 is 4.90 Å². The summed E-state index contributed by atoms with van der Waals surface area (Å²) in [4.78, 5) is 18.9. The Bertz CT molecular complexity index is 1110. The molecule has 136 valence electrons. The molecule has 0 bridgehead atoms. The van der Waals surface area contributed by atoms with Crippen LogP contribution in [0.5, 0.6) is 0 Å². The lowest BCUT2D eigenvalue weighted by Gasteiger charge is -2.19. The minimum atomic E-state index is 0.739. The normalized spacial score (nSPS) is 13.3. The van der Waals surface area contributed by atoms with E-state index in [0.717, 1.165) is 41.4 Å². The van der Waals surface area contributed by atoms with Gasteiger partial charge in [-0.1, -0.05) is 0 Å². The molecule has 0 fully saturated rings. The number of fused-ring (bicyclic) bond motifs is 3. The highest BCUT2D eigenvalue weighted by atomic mass is 32.1. The fourth-order valence-electron chi connectivity index (χ4n) is 3.78. The van der Waals surface area contributed by atoms with Gasteiger partial charge in [-0.3, -0.25) is 9.67 Å². The van der Waals surface area contributed by atoms with E-state index in [2.05, 4.69) is 28.2 Å². The van der Waals surface area contributed by atoms with Crippen molar-refractivity contribution in [1.29, 1.82) is 0 Å². The maximum atomic E-state index is 4.98. The molecule has 6 nitrogen and oxygen atoms in total. The molecule has 0 unspecified atom stereocenters. The third-order valence-electron chi connectivity index (χ3n) is 5.00. The molecular weight excluding hydrogens is 356 g/mol. The van der Waals surface area contributed by atoms with Crippen molar-refractivity contribution in [3.63, 3.8) is 0 Å². The Morgan fingerprint density at radius 3 is 2.93 bits per heavy atom. The van der Waals surface area contributed by atoms with Gasteiger partial charge < -0.3 is 4.90 Å². The molecule has 1 aliphatic rings. The molecule has 0 spiro atoms. The smallest absolute Gasteiger partial charge is 0.164 e. The molecule has 0 aliphatic heterocycles. The highest BCUT2D eigenvalue weighted by Crippen LogP contribution is 2.41. The summed E-state index contributed by atoms with van der Waals surface area (Å²) in [6.45, 7) is 0.761. The number of anilines is 1. The summed E-state index contributed by atoms with van der Waals surface area (Å²) in [5.74, 6) is 1.74. The zero-order valence-electron chi connectivity index (χ0n) is 15.4. The molecule has 27 heavy (non-hydrogen) atoms. The number of hydrogen-bond acceptors (Lipinski definition) is 6. The minimum Gasteiger partial charge on any atom is -0.355 e. The van der Waals surface area contributed by atoms with Crippen molar-refractivity contribution >= 4 is 27.4 Å². The molecule has 0 aromatic carbocycles. The molecule has 0 N–H and O–H groups in total. The van der Waals surface area contributed by atoms with E-state index in [0.29, 0.717) is 0 Å². The zero-order valence-corrected chi connectivity index (χ0v) is 16.2. The number of aromatic nitrogens is 5. The Morgan fingerprint density at radius 1 is 1.22 bits per heavy atom. The predicted octanol–water partition coefficient (Wildman–Crippen LogP) is 3.61. The van der Waals surface area contributed by atoms with E-state index in [-0.39, 0.29) is 0 Å². The van der Waals surface area contributed by atoms with Crippen LogP contribution in [0.15, 0.2) is 36.9 Å². The van der Waals surface area contributed by atoms with Crippen LogP contribution in [0.1, 0.15) is 22.4 Å². The zero-order chi connectivity index (χ0) is 18.4. The first kappa shape index (κ1) is 16.4. The molecule has 4 aromatic rings. The molecule has 4 aromatic heterocycles. The van der Waals surface area contributed by atoms with Crippen LogP contribution in [0, 0.1) is 0 Å². The quantitative estimate of drug-likeness (QED) is 0.544. The summed E-state index contributed by atoms with van der Waals surface area (Å²) in [5, 5.41) is 5.52. The van der Waals surface area contributed by atoms with Crippen LogP contribution in [0.2, 0.25) is 0 Å². The topological polar surface area (TPSA) is 59.7 Å². The number of nitrogens with zero attached hydrogens (tertiary/aromatic N) is 6. The van der Waals surface area contributed by atoms with Crippen molar-refractivity contribution in [2.75, 3.05) is 11.9 Å². The van der Waals surface area contributed by atoms with Crippen LogP contribution in [-0.4, -0.2) is 31.8 Å². The second-order valence-corrected chi connectivity index (χ2v) is 8.11. The lowest BCUT2D eigenvalue weighted by Crippen LogP contribution is -2.18. The Kier molecular flexibility index (Phi) is 3.89. The summed E-state index contributed by atoms with van der Waals surface area (Å²) >= 11 is 1.82. The molecule has 0 amide bonds. The van der Waals surface area contributed by atoms with E-state index in [9.17, 15) is 0 Å². The minimum absolute atomic E-state index is 0.739. The van der Waals surface area contributed by atoms with Gasteiger partial charge in [0.2, 0.25) is 0 Å². The van der Waals surface area contributed by atoms with Crippen molar-refractivity contribution in [3.8, 4) is 11.4 Å². The lowest BCUT2D eigenvalue weighted by molar-refractivity contribution is 0.766. The van der Waals surface area contributed by atoms with Crippen molar-refractivity contribution in [2.45, 2.75) is 25.8 Å². The number of rotatable bonds is 4. The Hall–Kier alpha value is -2.80. The van der Waals surface area contributed by atoms with E-state index in [1.165, 1.54) is 27.8 Å². The molecular formula is C20H20N6S. The molecule has 0 saturated heterocycles. The van der Waals surface area contributed by atoms with E-state index < -0.39 is 0 Å². The molecule has 7 heteroatoms. The molecule has 0 atom stereocenters. The summed E-state index contributed by atoms with van der Waals surface area (Å²) in [6, 6.07) is 3.94. The average molecular weight is 376 g/mol. The van der Waals surface area contributed by atoms with E-state index >= 15 is 0 Å². The van der Waals surface area contributed by atoms with E-state index in [4.69, 9.17) is 9.97 Å². The fraction of sp³-hybridized carbons (Fsp3) is 0.300. The lowest BCUT2D eigenvalue weighted by atomic mass is 10.1. The summed E-state index contributed by atoms with van der Waals surface area (Å²) < 4.78 is 1.84. The Labute approximate surface area is 161 Å². The van der Waals surface area contributed by atoms with Gasteiger partial charge in [-0.25, -0.2) is 9.97 Å². The van der Waals surface area contributed by atoms with Gasteiger partial charge in [0.15, 0.2) is 5.82 Å². The maximum absolute atomic E-state index is 4.98. The van der Waals surface area contributed by atoms with Crippen LogP contribution >= 0.6 is 11.3 Å². The van der Waals surface area contributed by atoms with Gasteiger partial charge in [-0.05, 0) is 37.0 Å². The maximum Gasteiger partial charge on any atom is 0.164 e. The van der Waals surface area contributed by atoms with Gasteiger partial charge >= 0.3 is 0 Å². The largest absolute Gasteiger partial charge is 0.355 e. The number of thiophene rings is 1. The van der Waals surface area contributed by atoms with Crippen molar-refractivity contribution < 1.29 is 0 Å². The SMILES string of the molecule is CN(Cc1cnn(C)c1)c1nc(-c2cccnc2)nc2sc3c(c12)CCC3. The molecule has 4 heterocycles. The predicted molar refractivity (Wildman–Crippen MR) is 108 cm³/mol. The molecule has 0 radical (unpaired) electrons. The summed E-state index contributed by atoms with van der Waals surface area (Å²) in [5.41, 5.74) is 3.56. The van der Waals surface area contributed by atoms with E-state index in [1.54, 1.807) is 6.20 Å². The van der Waals surface area contributed by atoms with Gasteiger partial charge in [0.25, 0.3) is 0 Å². The van der Waals surface area contributed by atoms with Crippen molar-refractivity contribution in [1.82, 2.24) is 24.7 Å². The number of hydrogen-bond donors (Lipinski definition) is 0. The van der Waals surface area contributed by atoms with Crippen LogP contribution in [-0.2, 0) is 26.4 Å². The van der Waals surface area contributed by atoms with Gasteiger partial charge in [0.1, 0.15) is 10.6 Å². The van der Waals surface area contributed by atoms with Crippen molar-refractivity contribution in [2.24, 2.45) is 7.05 Å². The monoisotopic (exact) mass is 376 g/mol. The highest BCUT2D eigenvalue weighted by Gasteiger charge is 2.24. The standard InChI is InChI=1S/C20H20N6S/c1-25(11-13-9-22-26(2)12-13)19-17-15-6-3-7-16(15)27-20(17)24-18(23-19)14-5-4-8-21-10-14/h4-5,8-10,12H,3,6-7,11H2,1-2H3. The van der Waals surface area contributed by atoms with Gasteiger partial charge in [0.05, 0.1) is 11.6 Å². The molecule has 1 aliphatic carbocycles. The second kappa shape index (κ2) is 6.42. The third kappa shape index (κ3) is 2.88. The third-order valence-corrected chi connectivity index (χ3v) is 6.19. The average Bonchev–Trinajstić information content (AvgIpc) is 3.37. The first-order valence-electron chi connectivity index (χ1n) is 9.10. The molecule has 0 saturated carbocycles. The van der Waals surface area contributed by atoms with Gasteiger partial charge in [-0.2, -0.15) is 5.10 Å². The Morgan fingerprint density at radius 2 is 2.15 bits per heavy atom. The first-order chi connectivity index (χ1) is 13.2. The summed E-state index contributed by atoms with van der Waals surface area (Å²) in [7, 11) is 4.04. The number of pyridine rings is 1. The van der Waals surface area contributed by atoms with Crippen molar-refractivity contribution in [3.05, 3.63) is 52.9 Å². The van der Waals surface area contributed by atoms with Crippen LogP contribution in [0.3, 0.4) is 0 Å². The first-order valence-corrected chi connectivity index (χ1v) is 9.92.